The monoisotopic (exact) mass is 189 g/mol. The Kier molecular flexibility index (Phi) is 2.23. The maximum absolute atomic E-state index is 10.7. The van der Waals surface area contributed by atoms with Gasteiger partial charge in [0.2, 0.25) is 0 Å². The Morgan fingerprint density at radius 3 is 3.00 bits per heavy atom. The van der Waals surface area contributed by atoms with Crippen molar-refractivity contribution in [1.29, 1.82) is 0 Å². The number of benzene rings is 1. The molecule has 1 aromatic rings. The summed E-state index contributed by atoms with van der Waals surface area (Å²) in [5, 5.41) is 1.53. The maximum atomic E-state index is 10.7. The van der Waals surface area contributed by atoms with Crippen LogP contribution >= 0.6 is 0 Å². The van der Waals surface area contributed by atoms with E-state index in [4.69, 9.17) is 4.84 Å². The van der Waals surface area contributed by atoms with E-state index < -0.39 is 0 Å². The van der Waals surface area contributed by atoms with Crippen molar-refractivity contribution in [3.05, 3.63) is 41.6 Å². The summed E-state index contributed by atoms with van der Waals surface area (Å²) in [6.45, 7) is 2.01. The topological polar surface area (TPSA) is 29.5 Å². The van der Waals surface area contributed by atoms with Gasteiger partial charge >= 0.3 is 5.97 Å². The van der Waals surface area contributed by atoms with E-state index >= 15 is 0 Å². The van der Waals surface area contributed by atoms with Crippen LogP contribution in [0.5, 0.6) is 0 Å². The van der Waals surface area contributed by atoms with Crippen LogP contribution in [0.3, 0.4) is 0 Å². The summed E-state index contributed by atoms with van der Waals surface area (Å²) in [5.41, 5.74) is 2.34. The van der Waals surface area contributed by atoms with E-state index in [-0.39, 0.29) is 5.97 Å². The molecule has 0 unspecified atom stereocenters. The van der Waals surface area contributed by atoms with Gasteiger partial charge in [-0.1, -0.05) is 24.3 Å². The number of rotatable bonds is 1. The fraction of sp³-hybridized carbons (Fsp3) is 0.182. The molecule has 0 N–H and O–H groups in total. The number of fused-ring (bicyclic) bond motifs is 1. The number of nitrogens with zero attached hydrogens (tertiary/aromatic N) is 1. The van der Waals surface area contributed by atoms with E-state index in [1.54, 1.807) is 6.20 Å². The summed E-state index contributed by atoms with van der Waals surface area (Å²) in [7, 11) is 0. The molecule has 2 rings (SSSR count). The number of hydroxylamine groups is 2. The van der Waals surface area contributed by atoms with E-state index in [2.05, 4.69) is 0 Å². The number of carbonyl (C=O) groups excluding carboxylic acids is 1. The molecule has 0 bridgehead atoms. The van der Waals surface area contributed by atoms with Gasteiger partial charge in [-0.25, -0.2) is 5.06 Å². The molecule has 0 saturated heterocycles. The Bertz CT molecular complexity index is 385. The molecule has 0 radical (unpaired) electrons. The highest BCUT2D eigenvalue weighted by molar-refractivity contribution is 5.66. The van der Waals surface area contributed by atoms with Crippen LogP contribution in [0.4, 0.5) is 0 Å². The Balaban J connectivity index is 2.17. The van der Waals surface area contributed by atoms with Gasteiger partial charge in [0, 0.05) is 13.1 Å². The molecule has 1 aliphatic rings. The van der Waals surface area contributed by atoms with Crippen LogP contribution in [-0.2, 0) is 16.2 Å². The zero-order valence-corrected chi connectivity index (χ0v) is 7.93. The molecule has 0 amide bonds. The van der Waals surface area contributed by atoms with Crippen LogP contribution in [0.2, 0.25) is 0 Å². The van der Waals surface area contributed by atoms with Gasteiger partial charge in [-0.2, -0.15) is 0 Å². The fourth-order valence-electron chi connectivity index (χ4n) is 1.45. The third-order valence-corrected chi connectivity index (χ3v) is 2.05. The average Bonchev–Trinajstić information content (AvgIpc) is 2.17. The molecule has 0 aromatic heterocycles. The van der Waals surface area contributed by atoms with Crippen LogP contribution in [0.25, 0.3) is 6.08 Å². The first kappa shape index (κ1) is 8.81. The van der Waals surface area contributed by atoms with Crippen molar-refractivity contribution in [3.8, 4) is 0 Å². The van der Waals surface area contributed by atoms with Gasteiger partial charge in [0.15, 0.2) is 0 Å². The van der Waals surface area contributed by atoms with Crippen LogP contribution in [0, 0.1) is 0 Å². The molecular formula is C11H11NO2. The zero-order chi connectivity index (χ0) is 9.97. The highest BCUT2D eigenvalue weighted by Gasteiger charge is 2.11. The Labute approximate surface area is 82.5 Å². The molecule has 1 aliphatic heterocycles. The van der Waals surface area contributed by atoms with Gasteiger partial charge in [-0.3, -0.25) is 4.79 Å². The minimum atomic E-state index is -0.297. The minimum absolute atomic E-state index is 0.297. The van der Waals surface area contributed by atoms with Crippen molar-refractivity contribution in [1.82, 2.24) is 5.06 Å². The van der Waals surface area contributed by atoms with Crippen LogP contribution < -0.4 is 0 Å². The number of carbonyl (C=O) groups is 1. The third kappa shape index (κ3) is 1.76. The molecule has 72 valence electrons. The zero-order valence-electron chi connectivity index (χ0n) is 7.93. The molecular weight excluding hydrogens is 178 g/mol. The van der Waals surface area contributed by atoms with E-state index in [1.165, 1.54) is 17.6 Å². The first-order valence-corrected chi connectivity index (χ1v) is 4.47. The van der Waals surface area contributed by atoms with Crippen LogP contribution in [-0.4, -0.2) is 11.0 Å². The van der Waals surface area contributed by atoms with Gasteiger partial charge in [0.05, 0.1) is 6.54 Å². The van der Waals surface area contributed by atoms with E-state index in [9.17, 15) is 4.79 Å². The molecule has 0 saturated carbocycles. The average molecular weight is 189 g/mol. The number of hydrogen-bond donors (Lipinski definition) is 0. The summed E-state index contributed by atoms with van der Waals surface area (Å²) < 4.78 is 0. The fourth-order valence-corrected chi connectivity index (χ4v) is 1.45. The minimum Gasteiger partial charge on any atom is -0.341 e. The molecule has 14 heavy (non-hydrogen) atoms. The maximum Gasteiger partial charge on any atom is 0.329 e. The molecule has 0 atom stereocenters. The molecule has 3 heteroatoms. The molecule has 0 spiro atoms. The smallest absolute Gasteiger partial charge is 0.329 e. The summed E-state index contributed by atoms with van der Waals surface area (Å²) in [4.78, 5) is 15.7. The lowest BCUT2D eigenvalue weighted by Crippen LogP contribution is -2.22. The lowest BCUT2D eigenvalue weighted by Gasteiger charge is -2.22. The molecule has 1 heterocycles. The molecule has 0 aliphatic carbocycles. The normalized spacial score (nSPS) is 13.6. The van der Waals surface area contributed by atoms with Crippen LogP contribution in [0.1, 0.15) is 18.1 Å². The van der Waals surface area contributed by atoms with E-state index in [0.717, 1.165) is 5.56 Å². The number of hydrogen-bond acceptors (Lipinski definition) is 3. The SMILES string of the molecule is CC(=O)ON1C=Cc2ccccc2C1. The second-order valence-corrected chi connectivity index (χ2v) is 3.17. The van der Waals surface area contributed by atoms with Crippen molar-refractivity contribution >= 4 is 12.0 Å². The standard InChI is InChI=1S/C11H11NO2/c1-9(13)14-12-7-6-10-4-2-3-5-11(10)8-12/h2-7H,8H2,1H3. The van der Waals surface area contributed by atoms with Gasteiger partial charge in [-0.15, -0.1) is 0 Å². The highest BCUT2D eigenvalue weighted by atomic mass is 16.7. The first-order chi connectivity index (χ1) is 6.75. The summed E-state index contributed by atoms with van der Waals surface area (Å²) in [5.74, 6) is -0.297. The van der Waals surface area contributed by atoms with E-state index in [0.29, 0.717) is 6.54 Å². The summed E-state index contributed by atoms with van der Waals surface area (Å²) in [6, 6.07) is 8.03. The summed E-state index contributed by atoms with van der Waals surface area (Å²) in [6.07, 6.45) is 3.70. The Morgan fingerprint density at radius 1 is 1.43 bits per heavy atom. The van der Waals surface area contributed by atoms with Gasteiger partial charge in [0.1, 0.15) is 0 Å². The third-order valence-electron chi connectivity index (χ3n) is 2.05. The second-order valence-electron chi connectivity index (χ2n) is 3.17. The molecule has 0 fully saturated rings. The Morgan fingerprint density at radius 2 is 2.21 bits per heavy atom. The largest absolute Gasteiger partial charge is 0.341 e. The van der Waals surface area contributed by atoms with Crippen molar-refractivity contribution in [3.63, 3.8) is 0 Å². The van der Waals surface area contributed by atoms with Crippen molar-refractivity contribution in [2.45, 2.75) is 13.5 Å². The van der Waals surface area contributed by atoms with Crippen LogP contribution in [0.15, 0.2) is 30.5 Å². The quantitative estimate of drug-likeness (QED) is 0.676. The van der Waals surface area contributed by atoms with Crippen molar-refractivity contribution in [2.24, 2.45) is 0 Å². The molecule has 3 nitrogen and oxygen atoms in total. The second kappa shape index (κ2) is 3.54. The predicted molar refractivity (Wildman–Crippen MR) is 52.8 cm³/mol. The molecule has 1 aromatic carbocycles. The lowest BCUT2D eigenvalue weighted by molar-refractivity contribution is -0.177. The van der Waals surface area contributed by atoms with Crippen molar-refractivity contribution < 1.29 is 9.63 Å². The van der Waals surface area contributed by atoms with Gasteiger partial charge in [0.25, 0.3) is 0 Å². The Hall–Kier alpha value is -1.77. The van der Waals surface area contributed by atoms with E-state index in [1.807, 2.05) is 30.3 Å². The summed E-state index contributed by atoms with van der Waals surface area (Å²) >= 11 is 0. The predicted octanol–water partition coefficient (Wildman–Crippen LogP) is 1.95. The van der Waals surface area contributed by atoms with Crippen molar-refractivity contribution in [2.75, 3.05) is 0 Å². The highest BCUT2D eigenvalue weighted by Crippen LogP contribution is 2.19. The van der Waals surface area contributed by atoms with Gasteiger partial charge < -0.3 is 4.84 Å². The first-order valence-electron chi connectivity index (χ1n) is 4.47. The van der Waals surface area contributed by atoms with Gasteiger partial charge in [-0.05, 0) is 17.2 Å². The lowest BCUT2D eigenvalue weighted by atomic mass is 10.1.